The molecule has 0 saturated carbocycles. The SMILES string of the molecule is CCCCS(=O)(=O)NCCc1nc(-c2ccc(O)cc2)cs1. The van der Waals surface area contributed by atoms with E-state index in [0.29, 0.717) is 19.4 Å². The third kappa shape index (κ3) is 5.08. The number of hydrogen-bond acceptors (Lipinski definition) is 5. The average molecular weight is 340 g/mol. The third-order valence-corrected chi connectivity index (χ3v) is 5.52. The molecule has 0 aliphatic rings. The van der Waals surface area contributed by atoms with Crippen LogP contribution in [0.3, 0.4) is 0 Å². The summed E-state index contributed by atoms with van der Waals surface area (Å²) in [5.41, 5.74) is 1.78. The van der Waals surface area contributed by atoms with Gasteiger partial charge in [0, 0.05) is 23.9 Å². The standard InChI is InChI=1S/C15H20N2O3S2/c1-2-3-10-22(19,20)16-9-8-15-17-14(11-21-15)12-4-6-13(18)7-5-12/h4-7,11,16,18H,2-3,8-10H2,1H3. The van der Waals surface area contributed by atoms with Gasteiger partial charge >= 0.3 is 0 Å². The summed E-state index contributed by atoms with van der Waals surface area (Å²) >= 11 is 1.51. The molecule has 0 unspecified atom stereocenters. The van der Waals surface area contributed by atoms with E-state index in [0.717, 1.165) is 22.7 Å². The van der Waals surface area contributed by atoms with Crippen molar-refractivity contribution < 1.29 is 13.5 Å². The predicted molar refractivity (Wildman–Crippen MR) is 89.6 cm³/mol. The molecule has 0 fully saturated rings. The fourth-order valence-electron chi connectivity index (χ4n) is 1.91. The number of unbranched alkanes of at least 4 members (excludes halogenated alkanes) is 1. The van der Waals surface area contributed by atoms with Crippen LogP contribution in [0.2, 0.25) is 0 Å². The van der Waals surface area contributed by atoms with Gasteiger partial charge in [-0.3, -0.25) is 0 Å². The van der Waals surface area contributed by atoms with Crippen LogP contribution in [0.1, 0.15) is 24.8 Å². The first-order chi connectivity index (χ1) is 10.5. The second kappa shape index (κ2) is 7.71. The summed E-state index contributed by atoms with van der Waals surface area (Å²) in [6.07, 6.45) is 2.12. The molecule has 1 heterocycles. The molecule has 5 nitrogen and oxygen atoms in total. The van der Waals surface area contributed by atoms with Crippen LogP contribution < -0.4 is 4.72 Å². The van der Waals surface area contributed by atoms with E-state index >= 15 is 0 Å². The minimum Gasteiger partial charge on any atom is -0.508 e. The van der Waals surface area contributed by atoms with Crippen molar-refractivity contribution >= 4 is 21.4 Å². The Morgan fingerprint density at radius 3 is 2.68 bits per heavy atom. The van der Waals surface area contributed by atoms with E-state index < -0.39 is 10.0 Å². The van der Waals surface area contributed by atoms with Crippen molar-refractivity contribution in [3.8, 4) is 17.0 Å². The molecule has 2 N–H and O–H groups in total. The Bertz CT molecular complexity index is 694. The van der Waals surface area contributed by atoms with E-state index in [-0.39, 0.29) is 11.5 Å². The quantitative estimate of drug-likeness (QED) is 0.774. The Labute approximate surface area is 135 Å². The Hall–Kier alpha value is -1.44. The molecular formula is C15H20N2O3S2. The molecule has 120 valence electrons. The van der Waals surface area contributed by atoms with Crippen LogP contribution in [0, 0.1) is 0 Å². The number of hydrogen-bond donors (Lipinski definition) is 2. The molecule has 2 rings (SSSR count). The first kappa shape index (κ1) is 16.9. The van der Waals surface area contributed by atoms with Gasteiger partial charge < -0.3 is 5.11 Å². The molecule has 0 atom stereocenters. The Kier molecular flexibility index (Phi) is 5.93. The molecule has 1 aromatic heterocycles. The zero-order valence-corrected chi connectivity index (χ0v) is 14.1. The Morgan fingerprint density at radius 2 is 2.00 bits per heavy atom. The van der Waals surface area contributed by atoms with Crippen molar-refractivity contribution in [3.63, 3.8) is 0 Å². The smallest absolute Gasteiger partial charge is 0.211 e. The monoisotopic (exact) mass is 340 g/mol. The van der Waals surface area contributed by atoms with Gasteiger partial charge in [0.1, 0.15) is 5.75 Å². The van der Waals surface area contributed by atoms with Gasteiger partial charge in [-0.25, -0.2) is 18.1 Å². The van der Waals surface area contributed by atoms with Gasteiger partial charge in [0.15, 0.2) is 0 Å². The first-order valence-corrected chi connectivity index (χ1v) is 9.74. The Morgan fingerprint density at radius 1 is 1.27 bits per heavy atom. The van der Waals surface area contributed by atoms with Gasteiger partial charge in [-0.1, -0.05) is 13.3 Å². The molecule has 0 aliphatic carbocycles. The van der Waals surface area contributed by atoms with E-state index in [1.54, 1.807) is 12.1 Å². The summed E-state index contributed by atoms with van der Waals surface area (Å²) < 4.78 is 26.0. The van der Waals surface area contributed by atoms with Crippen LogP contribution in [-0.4, -0.2) is 30.8 Å². The van der Waals surface area contributed by atoms with Crippen LogP contribution in [-0.2, 0) is 16.4 Å². The van der Waals surface area contributed by atoms with Crippen LogP contribution in [0.15, 0.2) is 29.6 Å². The van der Waals surface area contributed by atoms with Gasteiger partial charge in [-0.05, 0) is 30.7 Å². The lowest BCUT2D eigenvalue weighted by Crippen LogP contribution is -2.28. The molecule has 0 spiro atoms. The third-order valence-electron chi connectivity index (χ3n) is 3.14. The molecule has 0 aliphatic heterocycles. The fourth-order valence-corrected chi connectivity index (χ4v) is 3.94. The average Bonchev–Trinajstić information content (AvgIpc) is 2.94. The molecule has 7 heteroatoms. The van der Waals surface area contributed by atoms with Crippen molar-refractivity contribution in [2.45, 2.75) is 26.2 Å². The van der Waals surface area contributed by atoms with Crippen molar-refractivity contribution in [3.05, 3.63) is 34.7 Å². The number of nitrogens with zero attached hydrogens (tertiary/aromatic N) is 1. The molecule has 0 radical (unpaired) electrons. The van der Waals surface area contributed by atoms with Crippen molar-refractivity contribution in [1.29, 1.82) is 0 Å². The lowest BCUT2D eigenvalue weighted by Gasteiger charge is -2.04. The highest BCUT2D eigenvalue weighted by molar-refractivity contribution is 7.89. The molecule has 0 saturated heterocycles. The zero-order valence-electron chi connectivity index (χ0n) is 12.4. The van der Waals surface area contributed by atoms with Crippen LogP contribution in [0.5, 0.6) is 5.75 Å². The normalized spacial score (nSPS) is 11.7. The maximum Gasteiger partial charge on any atom is 0.211 e. The largest absolute Gasteiger partial charge is 0.508 e. The molecule has 0 bridgehead atoms. The van der Waals surface area contributed by atoms with Gasteiger partial charge in [0.05, 0.1) is 16.5 Å². The number of rotatable bonds is 8. The highest BCUT2D eigenvalue weighted by Crippen LogP contribution is 2.23. The van der Waals surface area contributed by atoms with Crippen LogP contribution in [0.25, 0.3) is 11.3 Å². The number of aromatic nitrogens is 1. The van der Waals surface area contributed by atoms with E-state index in [1.165, 1.54) is 11.3 Å². The van der Waals surface area contributed by atoms with E-state index in [9.17, 15) is 13.5 Å². The van der Waals surface area contributed by atoms with Gasteiger partial charge in [-0.15, -0.1) is 11.3 Å². The Balaban J connectivity index is 1.89. The molecule has 22 heavy (non-hydrogen) atoms. The number of phenols is 1. The van der Waals surface area contributed by atoms with Crippen molar-refractivity contribution in [2.24, 2.45) is 0 Å². The van der Waals surface area contributed by atoms with Crippen molar-refractivity contribution in [1.82, 2.24) is 9.71 Å². The lowest BCUT2D eigenvalue weighted by molar-refractivity contribution is 0.475. The van der Waals surface area contributed by atoms with E-state index in [1.807, 2.05) is 24.4 Å². The van der Waals surface area contributed by atoms with Gasteiger partial charge in [0.25, 0.3) is 0 Å². The number of nitrogens with one attached hydrogen (secondary N) is 1. The number of thiazole rings is 1. The number of aromatic hydroxyl groups is 1. The minimum absolute atomic E-state index is 0.181. The van der Waals surface area contributed by atoms with Gasteiger partial charge in [0.2, 0.25) is 10.0 Å². The summed E-state index contributed by atoms with van der Waals surface area (Å²) in [5, 5.41) is 12.1. The summed E-state index contributed by atoms with van der Waals surface area (Å²) in [6, 6.07) is 6.86. The van der Waals surface area contributed by atoms with E-state index in [2.05, 4.69) is 9.71 Å². The highest BCUT2D eigenvalue weighted by atomic mass is 32.2. The number of sulfonamides is 1. The topological polar surface area (TPSA) is 79.3 Å². The second-order valence-corrected chi connectivity index (χ2v) is 7.86. The molecule has 0 amide bonds. The summed E-state index contributed by atoms with van der Waals surface area (Å²) in [5.74, 6) is 0.404. The molecule has 1 aromatic carbocycles. The van der Waals surface area contributed by atoms with Crippen molar-refractivity contribution in [2.75, 3.05) is 12.3 Å². The number of phenolic OH excluding ortho intramolecular Hbond substituents is 1. The van der Waals surface area contributed by atoms with Gasteiger partial charge in [-0.2, -0.15) is 0 Å². The predicted octanol–water partition coefficient (Wildman–Crippen LogP) is 2.78. The highest BCUT2D eigenvalue weighted by Gasteiger charge is 2.10. The van der Waals surface area contributed by atoms with E-state index in [4.69, 9.17) is 0 Å². The first-order valence-electron chi connectivity index (χ1n) is 7.21. The summed E-state index contributed by atoms with van der Waals surface area (Å²) in [7, 11) is -3.16. The minimum atomic E-state index is -3.16. The second-order valence-electron chi connectivity index (χ2n) is 4.99. The zero-order chi connectivity index (χ0) is 16.0. The van der Waals surface area contributed by atoms with Crippen LogP contribution >= 0.6 is 11.3 Å². The summed E-state index contributed by atoms with van der Waals surface area (Å²) in [6.45, 7) is 2.34. The fraction of sp³-hybridized carbons (Fsp3) is 0.400. The maximum absolute atomic E-state index is 11.7. The summed E-state index contributed by atoms with van der Waals surface area (Å²) in [4.78, 5) is 4.49. The molecule has 2 aromatic rings. The lowest BCUT2D eigenvalue weighted by atomic mass is 10.2. The maximum atomic E-state index is 11.7. The molecular weight excluding hydrogens is 320 g/mol. The van der Waals surface area contributed by atoms with Crippen LogP contribution in [0.4, 0.5) is 0 Å². The number of benzene rings is 1.